The van der Waals surface area contributed by atoms with Crippen molar-refractivity contribution in [3.05, 3.63) is 36.5 Å². The molecule has 0 amide bonds. The maximum atomic E-state index is 12.7. The third-order valence-electron chi connectivity index (χ3n) is 10.8. The van der Waals surface area contributed by atoms with Crippen LogP contribution >= 0.6 is 0 Å². The normalized spacial score (nSPS) is 12.3. The molecule has 1 unspecified atom stereocenters. The molecular formula is C52H94O6. The summed E-state index contributed by atoms with van der Waals surface area (Å²) < 4.78 is 16.7. The molecule has 0 aromatic rings. The van der Waals surface area contributed by atoms with Gasteiger partial charge in [-0.1, -0.05) is 186 Å². The number of rotatable bonds is 45. The van der Waals surface area contributed by atoms with Gasteiger partial charge in [0.15, 0.2) is 6.10 Å². The number of hydrogen-bond donors (Lipinski definition) is 0. The molecule has 0 aliphatic carbocycles. The van der Waals surface area contributed by atoms with Gasteiger partial charge in [-0.2, -0.15) is 0 Å². The Balaban J connectivity index is 4.38. The van der Waals surface area contributed by atoms with Crippen molar-refractivity contribution in [1.82, 2.24) is 0 Å². The van der Waals surface area contributed by atoms with Gasteiger partial charge in [0.2, 0.25) is 0 Å². The van der Waals surface area contributed by atoms with Crippen molar-refractivity contribution in [2.24, 2.45) is 0 Å². The van der Waals surface area contributed by atoms with Crippen LogP contribution < -0.4 is 0 Å². The Morgan fingerprint density at radius 1 is 0.328 bits per heavy atom. The molecule has 0 N–H and O–H groups in total. The maximum Gasteiger partial charge on any atom is 0.306 e. The zero-order valence-electron chi connectivity index (χ0n) is 38.6. The lowest BCUT2D eigenvalue weighted by Gasteiger charge is -2.18. The van der Waals surface area contributed by atoms with Crippen LogP contribution in [0.4, 0.5) is 0 Å². The molecule has 0 aromatic heterocycles. The Kier molecular flexibility index (Phi) is 45.4. The molecule has 0 heterocycles. The van der Waals surface area contributed by atoms with E-state index in [4.69, 9.17) is 14.2 Å². The highest BCUT2D eigenvalue weighted by molar-refractivity contribution is 5.71. The van der Waals surface area contributed by atoms with Gasteiger partial charge in [0.1, 0.15) is 13.2 Å². The molecule has 338 valence electrons. The largest absolute Gasteiger partial charge is 0.462 e. The van der Waals surface area contributed by atoms with E-state index in [2.05, 4.69) is 57.2 Å². The highest BCUT2D eigenvalue weighted by Crippen LogP contribution is 2.14. The van der Waals surface area contributed by atoms with Gasteiger partial charge in [0.05, 0.1) is 0 Å². The second kappa shape index (κ2) is 47.3. The predicted molar refractivity (Wildman–Crippen MR) is 247 cm³/mol. The summed E-state index contributed by atoms with van der Waals surface area (Å²) in [6.07, 6.45) is 54.1. The first-order valence-electron chi connectivity index (χ1n) is 25.0. The Morgan fingerprint density at radius 3 is 0.931 bits per heavy atom. The van der Waals surface area contributed by atoms with Crippen LogP contribution in [-0.2, 0) is 28.6 Å². The summed E-state index contributed by atoms with van der Waals surface area (Å²) in [6.45, 7) is 6.57. The lowest BCUT2D eigenvalue weighted by atomic mass is 10.1. The number of allylic oxidation sites excluding steroid dienone is 6. The summed E-state index contributed by atoms with van der Waals surface area (Å²) in [5, 5.41) is 0. The minimum absolute atomic E-state index is 0.0840. The van der Waals surface area contributed by atoms with Gasteiger partial charge in [-0.3, -0.25) is 14.4 Å². The summed E-state index contributed by atoms with van der Waals surface area (Å²) in [7, 11) is 0. The number of ether oxygens (including phenoxy) is 3. The smallest absolute Gasteiger partial charge is 0.306 e. The van der Waals surface area contributed by atoms with Crippen LogP contribution in [0.1, 0.15) is 258 Å². The molecule has 0 rings (SSSR count). The molecule has 0 saturated carbocycles. The van der Waals surface area contributed by atoms with Crippen molar-refractivity contribution in [2.75, 3.05) is 13.2 Å². The molecule has 0 aliphatic rings. The Bertz CT molecular complexity index is 984. The number of unbranched alkanes of at least 4 members (excludes halogenated alkanes) is 28. The number of carbonyl (C=O) groups is 3. The zero-order valence-corrected chi connectivity index (χ0v) is 38.6. The third-order valence-corrected chi connectivity index (χ3v) is 10.8. The summed E-state index contributed by atoms with van der Waals surface area (Å²) in [4.78, 5) is 37.8. The van der Waals surface area contributed by atoms with Gasteiger partial charge in [-0.15, -0.1) is 0 Å². The molecule has 0 saturated heterocycles. The third kappa shape index (κ3) is 44.7. The van der Waals surface area contributed by atoms with E-state index in [9.17, 15) is 14.4 Å². The van der Waals surface area contributed by atoms with E-state index in [0.717, 1.165) is 83.5 Å². The van der Waals surface area contributed by atoms with Gasteiger partial charge in [-0.25, -0.2) is 0 Å². The van der Waals surface area contributed by atoms with Gasteiger partial charge >= 0.3 is 17.9 Å². The van der Waals surface area contributed by atoms with E-state index in [1.807, 2.05) is 0 Å². The Morgan fingerprint density at radius 2 is 0.586 bits per heavy atom. The van der Waals surface area contributed by atoms with Crippen LogP contribution in [-0.4, -0.2) is 37.2 Å². The second-order valence-corrected chi connectivity index (χ2v) is 16.7. The first-order valence-corrected chi connectivity index (χ1v) is 25.0. The fraction of sp³-hybridized carbons (Fsp3) is 0.827. The number of hydrogen-bond acceptors (Lipinski definition) is 6. The highest BCUT2D eigenvalue weighted by Gasteiger charge is 2.19. The molecule has 0 fully saturated rings. The summed E-state index contributed by atoms with van der Waals surface area (Å²) in [5.41, 5.74) is 0. The van der Waals surface area contributed by atoms with E-state index in [1.54, 1.807) is 0 Å². The molecular weight excluding hydrogens is 721 g/mol. The van der Waals surface area contributed by atoms with E-state index in [0.29, 0.717) is 19.3 Å². The first kappa shape index (κ1) is 55.6. The standard InChI is InChI=1S/C52H94O6/c1-4-7-10-13-16-19-22-24-25-26-28-30-33-36-39-42-45-51(54)57-48-49(47-56-50(53)44-41-38-35-32-29-21-18-15-12-9-6-3)58-52(55)46-43-40-37-34-31-27-23-20-17-14-11-8-5-2/h15,18,25-27,31,49H,4-14,16-17,19-24,28-30,32-48H2,1-3H3/b18-15-,26-25-,31-27-. The average molecular weight is 815 g/mol. The average Bonchev–Trinajstić information content (AvgIpc) is 3.22. The van der Waals surface area contributed by atoms with Crippen LogP contribution in [0.15, 0.2) is 36.5 Å². The maximum absolute atomic E-state index is 12.7. The van der Waals surface area contributed by atoms with Crippen molar-refractivity contribution in [3.8, 4) is 0 Å². The Hall–Kier alpha value is -2.37. The molecule has 58 heavy (non-hydrogen) atoms. The highest BCUT2D eigenvalue weighted by atomic mass is 16.6. The van der Waals surface area contributed by atoms with E-state index in [-0.39, 0.29) is 31.1 Å². The van der Waals surface area contributed by atoms with Crippen LogP contribution in [0.2, 0.25) is 0 Å². The van der Waals surface area contributed by atoms with Crippen molar-refractivity contribution in [1.29, 1.82) is 0 Å². The summed E-state index contributed by atoms with van der Waals surface area (Å²) >= 11 is 0. The molecule has 6 heteroatoms. The minimum atomic E-state index is -0.783. The molecule has 0 radical (unpaired) electrons. The number of carbonyl (C=O) groups excluding carboxylic acids is 3. The van der Waals surface area contributed by atoms with Gasteiger partial charge < -0.3 is 14.2 Å². The first-order chi connectivity index (χ1) is 28.5. The van der Waals surface area contributed by atoms with E-state index < -0.39 is 6.10 Å². The lowest BCUT2D eigenvalue weighted by molar-refractivity contribution is -0.167. The Labute approximate surface area is 359 Å². The SMILES string of the molecule is CCCC/C=C\CCCCCCCC(=O)OCC(COC(=O)CCCCCCC/C=C\CCCCCCCCC)OC(=O)CCCCC/C=C\CCCCCCCC. The van der Waals surface area contributed by atoms with Crippen molar-refractivity contribution in [2.45, 2.75) is 264 Å². The van der Waals surface area contributed by atoms with Crippen LogP contribution in [0.5, 0.6) is 0 Å². The van der Waals surface area contributed by atoms with E-state index in [1.165, 1.54) is 135 Å². The predicted octanol–water partition coefficient (Wildman–Crippen LogP) is 16.1. The fourth-order valence-corrected chi connectivity index (χ4v) is 7.00. The van der Waals surface area contributed by atoms with Crippen LogP contribution in [0, 0.1) is 0 Å². The van der Waals surface area contributed by atoms with Crippen molar-refractivity contribution < 1.29 is 28.6 Å². The lowest BCUT2D eigenvalue weighted by Crippen LogP contribution is -2.30. The number of esters is 3. The quantitative estimate of drug-likeness (QED) is 0.0264. The molecule has 6 nitrogen and oxygen atoms in total. The molecule has 0 aliphatic heterocycles. The molecule has 0 bridgehead atoms. The minimum Gasteiger partial charge on any atom is -0.462 e. The summed E-state index contributed by atoms with van der Waals surface area (Å²) in [5.74, 6) is -0.912. The van der Waals surface area contributed by atoms with Crippen LogP contribution in [0.25, 0.3) is 0 Å². The zero-order chi connectivity index (χ0) is 42.3. The van der Waals surface area contributed by atoms with Crippen LogP contribution in [0.3, 0.4) is 0 Å². The summed E-state index contributed by atoms with van der Waals surface area (Å²) in [6, 6.07) is 0. The van der Waals surface area contributed by atoms with Gasteiger partial charge in [-0.05, 0) is 89.9 Å². The second-order valence-electron chi connectivity index (χ2n) is 16.7. The van der Waals surface area contributed by atoms with Gasteiger partial charge in [0, 0.05) is 19.3 Å². The van der Waals surface area contributed by atoms with Crippen molar-refractivity contribution in [3.63, 3.8) is 0 Å². The van der Waals surface area contributed by atoms with Gasteiger partial charge in [0.25, 0.3) is 0 Å². The topological polar surface area (TPSA) is 78.9 Å². The van der Waals surface area contributed by atoms with Crippen molar-refractivity contribution >= 4 is 17.9 Å². The molecule has 0 aromatic carbocycles. The monoisotopic (exact) mass is 815 g/mol. The molecule has 0 spiro atoms. The molecule has 1 atom stereocenters. The van der Waals surface area contributed by atoms with E-state index >= 15 is 0 Å². The fourth-order valence-electron chi connectivity index (χ4n) is 7.00.